The van der Waals surface area contributed by atoms with Gasteiger partial charge in [-0.1, -0.05) is 37.8 Å². The molecule has 1 amide bonds. The summed E-state index contributed by atoms with van der Waals surface area (Å²) in [5.41, 5.74) is -0.539. The maximum atomic E-state index is 12.4. The number of hydrogen-bond donors (Lipinski definition) is 3. The molecular weight excluding hydrogens is 332 g/mol. The van der Waals surface area contributed by atoms with Crippen LogP contribution < -0.4 is 21.9 Å². The zero-order chi connectivity index (χ0) is 18.4. The van der Waals surface area contributed by atoms with Gasteiger partial charge in [0.15, 0.2) is 0 Å². The van der Waals surface area contributed by atoms with E-state index in [0.29, 0.717) is 30.0 Å². The van der Waals surface area contributed by atoms with Gasteiger partial charge in [0.25, 0.3) is 5.56 Å². The zero-order valence-electron chi connectivity index (χ0n) is 14.9. The molecule has 1 fully saturated rings. The summed E-state index contributed by atoms with van der Waals surface area (Å²) >= 11 is 0. The number of carbonyl (C=O) groups excluding carboxylic acids is 1. The molecule has 7 heteroatoms. The molecule has 1 aromatic heterocycles. The Balaban J connectivity index is 1.53. The minimum Gasteiger partial charge on any atom is -0.353 e. The zero-order valence-corrected chi connectivity index (χ0v) is 14.9. The number of rotatable bonds is 6. The first-order valence-corrected chi connectivity index (χ1v) is 9.37. The topological polar surface area (TPSA) is 96.0 Å². The van der Waals surface area contributed by atoms with E-state index in [2.05, 4.69) is 15.6 Å². The predicted octanol–water partition coefficient (Wildman–Crippen LogP) is 1.12. The van der Waals surface area contributed by atoms with E-state index in [4.69, 9.17) is 0 Å². The van der Waals surface area contributed by atoms with Crippen LogP contribution in [0.1, 0.15) is 38.5 Å². The van der Waals surface area contributed by atoms with Crippen LogP contribution in [0.4, 0.5) is 0 Å². The molecule has 1 saturated carbocycles. The van der Waals surface area contributed by atoms with E-state index in [1.807, 2.05) is 0 Å². The third kappa shape index (κ3) is 4.60. The highest BCUT2D eigenvalue weighted by molar-refractivity contribution is 5.78. The van der Waals surface area contributed by atoms with Crippen molar-refractivity contribution in [2.45, 2.75) is 51.1 Å². The first kappa shape index (κ1) is 18.4. The van der Waals surface area contributed by atoms with E-state index in [0.717, 1.165) is 4.57 Å². The molecule has 2 aromatic rings. The summed E-state index contributed by atoms with van der Waals surface area (Å²) < 4.78 is 0.941. The summed E-state index contributed by atoms with van der Waals surface area (Å²) in [5.74, 6) is -0.337. The standard InChI is InChI=1S/C19H26N4O3/c24-17(21-12-11-20-14-7-3-1-2-4-8-14)13-23-18(25)15-9-5-6-10-16(15)22-19(23)26/h5-6,9-10,14,20H,1-4,7-8,11-13H2,(H,21,24)(H,22,26). The van der Waals surface area contributed by atoms with Crippen LogP contribution in [0.5, 0.6) is 0 Å². The molecule has 3 rings (SSSR count). The number of benzene rings is 1. The van der Waals surface area contributed by atoms with Crippen molar-refractivity contribution in [3.05, 3.63) is 45.1 Å². The number of carbonyl (C=O) groups is 1. The molecule has 0 unspecified atom stereocenters. The number of amides is 1. The van der Waals surface area contributed by atoms with Gasteiger partial charge in [-0.05, 0) is 25.0 Å². The van der Waals surface area contributed by atoms with Crippen molar-refractivity contribution in [1.82, 2.24) is 20.2 Å². The summed E-state index contributed by atoms with van der Waals surface area (Å²) in [4.78, 5) is 39.2. The third-order valence-corrected chi connectivity index (χ3v) is 4.93. The van der Waals surface area contributed by atoms with E-state index >= 15 is 0 Å². The van der Waals surface area contributed by atoms with Gasteiger partial charge in [0.2, 0.25) is 5.91 Å². The number of fused-ring (bicyclic) bond motifs is 1. The smallest absolute Gasteiger partial charge is 0.329 e. The average molecular weight is 358 g/mol. The summed E-state index contributed by atoms with van der Waals surface area (Å²) in [6, 6.07) is 7.31. The second-order valence-corrected chi connectivity index (χ2v) is 6.86. The summed E-state index contributed by atoms with van der Waals surface area (Å²) in [6.45, 7) is 0.900. The lowest BCUT2D eigenvalue weighted by molar-refractivity contribution is -0.121. The fourth-order valence-electron chi connectivity index (χ4n) is 3.50. The molecule has 1 heterocycles. The lowest BCUT2D eigenvalue weighted by Gasteiger charge is -2.16. The molecule has 0 spiro atoms. The monoisotopic (exact) mass is 358 g/mol. The number of aromatic amines is 1. The molecule has 3 N–H and O–H groups in total. The van der Waals surface area contributed by atoms with E-state index in [9.17, 15) is 14.4 Å². The van der Waals surface area contributed by atoms with Crippen LogP contribution in [0.2, 0.25) is 0 Å². The number of H-pyrrole nitrogens is 1. The molecule has 0 atom stereocenters. The lowest BCUT2D eigenvalue weighted by atomic mass is 10.1. The molecule has 0 bridgehead atoms. The van der Waals surface area contributed by atoms with Crippen molar-refractivity contribution >= 4 is 16.8 Å². The van der Waals surface area contributed by atoms with Gasteiger partial charge in [-0.25, -0.2) is 4.79 Å². The summed E-state index contributed by atoms with van der Waals surface area (Å²) in [7, 11) is 0. The van der Waals surface area contributed by atoms with Crippen LogP contribution in [0.3, 0.4) is 0 Å². The van der Waals surface area contributed by atoms with Crippen LogP contribution in [0.25, 0.3) is 10.9 Å². The Bertz CT molecular complexity index is 863. The van der Waals surface area contributed by atoms with Crippen LogP contribution in [-0.4, -0.2) is 34.6 Å². The second kappa shape index (κ2) is 8.80. The fourth-order valence-corrected chi connectivity index (χ4v) is 3.50. The molecule has 7 nitrogen and oxygen atoms in total. The molecule has 1 aliphatic carbocycles. The Kier molecular flexibility index (Phi) is 6.22. The maximum Gasteiger partial charge on any atom is 0.329 e. The minimum atomic E-state index is -0.569. The van der Waals surface area contributed by atoms with E-state index < -0.39 is 11.2 Å². The van der Waals surface area contributed by atoms with Crippen molar-refractivity contribution < 1.29 is 4.79 Å². The predicted molar refractivity (Wildman–Crippen MR) is 101 cm³/mol. The van der Waals surface area contributed by atoms with Gasteiger partial charge in [-0.3, -0.25) is 14.2 Å². The van der Waals surface area contributed by atoms with Crippen LogP contribution in [-0.2, 0) is 11.3 Å². The van der Waals surface area contributed by atoms with E-state index in [-0.39, 0.29) is 12.5 Å². The second-order valence-electron chi connectivity index (χ2n) is 6.86. The highest BCUT2D eigenvalue weighted by Crippen LogP contribution is 2.16. The Morgan fingerprint density at radius 2 is 1.81 bits per heavy atom. The Hall–Kier alpha value is -2.41. The number of aromatic nitrogens is 2. The molecule has 26 heavy (non-hydrogen) atoms. The van der Waals surface area contributed by atoms with Crippen molar-refractivity contribution in [3.63, 3.8) is 0 Å². The highest BCUT2D eigenvalue weighted by atomic mass is 16.2. The SMILES string of the molecule is O=C(Cn1c(=O)[nH]c2ccccc2c1=O)NCCNC1CCCCCC1. The molecule has 1 aromatic carbocycles. The van der Waals surface area contributed by atoms with Gasteiger partial charge < -0.3 is 15.6 Å². The van der Waals surface area contributed by atoms with Crippen molar-refractivity contribution in [3.8, 4) is 0 Å². The first-order valence-electron chi connectivity index (χ1n) is 9.37. The highest BCUT2D eigenvalue weighted by Gasteiger charge is 2.12. The number of para-hydroxylation sites is 1. The van der Waals surface area contributed by atoms with Gasteiger partial charge >= 0.3 is 5.69 Å². The molecular formula is C19H26N4O3. The summed E-state index contributed by atoms with van der Waals surface area (Å²) in [6.07, 6.45) is 7.52. The fraction of sp³-hybridized carbons (Fsp3) is 0.526. The van der Waals surface area contributed by atoms with Gasteiger partial charge in [0.1, 0.15) is 6.54 Å². The third-order valence-electron chi connectivity index (χ3n) is 4.93. The normalized spacial score (nSPS) is 15.7. The van der Waals surface area contributed by atoms with Crippen LogP contribution in [0, 0.1) is 0 Å². The van der Waals surface area contributed by atoms with Crippen molar-refractivity contribution in [2.75, 3.05) is 13.1 Å². The quantitative estimate of drug-likeness (QED) is 0.533. The van der Waals surface area contributed by atoms with E-state index in [1.54, 1.807) is 24.3 Å². The Labute approximate surface area is 151 Å². The van der Waals surface area contributed by atoms with Gasteiger partial charge in [0, 0.05) is 19.1 Å². The molecule has 140 valence electrons. The van der Waals surface area contributed by atoms with Crippen LogP contribution in [0.15, 0.2) is 33.9 Å². The number of nitrogens with one attached hydrogen (secondary N) is 3. The number of hydrogen-bond acceptors (Lipinski definition) is 4. The first-order chi connectivity index (χ1) is 12.6. The minimum absolute atomic E-state index is 0.275. The molecule has 1 aliphatic rings. The largest absolute Gasteiger partial charge is 0.353 e. The van der Waals surface area contributed by atoms with Gasteiger partial charge in [0.05, 0.1) is 10.9 Å². The summed E-state index contributed by atoms with van der Waals surface area (Å²) in [5, 5.41) is 6.65. The lowest BCUT2D eigenvalue weighted by Crippen LogP contribution is -2.42. The van der Waals surface area contributed by atoms with E-state index in [1.165, 1.54) is 38.5 Å². The van der Waals surface area contributed by atoms with Crippen LogP contribution >= 0.6 is 0 Å². The molecule has 0 aliphatic heterocycles. The van der Waals surface area contributed by atoms with Crippen molar-refractivity contribution in [1.29, 1.82) is 0 Å². The Morgan fingerprint density at radius 3 is 2.58 bits per heavy atom. The van der Waals surface area contributed by atoms with Gasteiger partial charge in [-0.2, -0.15) is 0 Å². The molecule has 0 saturated heterocycles. The van der Waals surface area contributed by atoms with Crippen molar-refractivity contribution in [2.24, 2.45) is 0 Å². The number of nitrogens with zero attached hydrogens (tertiary/aromatic N) is 1. The van der Waals surface area contributed by atoms with Gasteiger partial charge in [-0.15, -0.1) is 0 Å². The molecule has 0 radical (unpaired) electrons. The maximum absolute atomic E-state index is 12.4. The Morgan fingerprint density at radius 1 is 1.08 bits per heavy atom. The average Bonchev–Trinajstić information content (AvgIpc) is 2.91.